The second kappa shape index (κ2) is 8.39. The lowest BCUT2D eigenvalue weighted by Crippen LogP contribution is -2.51. The van der Waals surface area contributed by atoms with E-state index in [9.17, 15) is 9.59 Å². The summed E-state index contributed by atoms with van der Waals surface area (Å²) < 4.78 is 0. The van der Waals surface area contributed by atoms with Crippen LogP contribution < -0.4 is 16.0 Å². The number of hydrogen-bond acceptors (Lipinski definition) is 3. The van der Waals surface area contributed by atoms with Crippen molar-refractivity contribution in [2.24, 2.45) is 10.8 Å². The molecule has 0 spiro atoms. The zero-order chi connectivity index (χ0) is 18.5. The number of urea groups is 1. The van der Waals surface area contributed by atoms with Crippen LogP contribution in [0, 0.1) is 10.8 Å². The summed E-state index contributed by atoms with van der Waals surface area (Å²) >= 11 is 0. The molecule has 1 aliphatic heterocycles. The van der Waals surface area contributed by atoms with E-state index in [1.54, 1.807) is 6.92 Å². The minimum atomic E-state index is -0.0834. The Hall–Kier alpha value is -1.30. The fourth-order valence-electron chi connectivity index (χ4n) is 4.85. The summed E-state index contributed by atoms with van der Waals surface area (Å²) in [6.07, 6.45) is 5.49. The number of carbonyl (C=O) groups excluding carboxylic acids is 2. The second-order valence-electron chi connectivity index (χ2n) is 9.12. The van der Waals surface area contributed by atoms with Gasteiger partial charge in [-0.15, -0.1) is 0 Å². The van der Waals surface area contributed by atoms with Crippen molar-refractivity contribution < 1.29 is 9.59 Å². The predicted molar refractivity (Wildman–Crippen MR) is 100 cm³/mol. The Morgan fingerprint density at radius 1 is 1.08 bits per heavy atom. The van der Waals surface area contributed by atoms with E-state index in [-0.39, 0.29) is 28.8 Å². The maximum absolute atomic E-state index is 12.1. The molecule has 0 aromatic heterocycles. The average Bonchev–Trinajstić information content (AvgIpc) is 2.95. The minimum Gasteiger partial charge on any atom is -0.354 e. The lowest BCUT2D eigenvalue weighted by Gasteiger charge is -2.46. The maximum atomic E-state index is 12.1. The van der Waals surface area contributed by atoms with Gasteiger partial charge in [0.15, 0.2) is 0 Å². The molecule has 1 heterocycles. The van der Waals surface area contributed by atoms with Crippen molar-refractivity contribution >= 4 is 11.9 Å². The zero-order valence-corrected chi connectivity index (χ0v) is 16.4. The van der Waals surface area contributed by atoms with Gasteiger partial charge in [0.1, 0.15) is 0 Å². The van der Waals surface area contributed by atoms with Gasteiger partial charge in [-0.3, -0.25) is 4.79 Å². The topological polar surface area (TPSA) is 73.5 Å². The normalized spacial score (nSPS) is 29.2. The molecule has 144 valence electrons. The van der Waals surface area contributed by atoms with Crippen LogP contribution in [-0.4, -0.2) is 55.6 Å². The van der Waals surface area contributed by atoms with Crippen LogP contribution in [0.2, 0.25) is 0 Å². The molecule has 2 aliphatic rings. The molecule has 6 nitrogen and oxygen atoms in total. The Labute approximate surface area is 152 Å². The lowest BCUT2D eigenvalue weighted by molar-refractivity contribution is -0.120. The average molecular weight is 353 g/mol. The van der Waals surface area contributed by atoms with Gasteiger partial charge < -0.3 is 20.9 Å². The molecule has 0 radical (unpaired) electrons. The second-order valence-corrected chi connectivity index (χ2v) is 9.12. The number of hydrogen-bond donors (Lipinski definition) is 3. The summed E-state index contributed by atoms with van der Waals surface area (Å²) in [5, 5.41) is 9.09. The number of nitrogens with one attached hydrogen (secondary N) is 3. The van der Waals surface area contributed by atoms with E-state index in [1.165, 1.54) is 12.8 Å². The standard InChI is InChI=1S/C19H36N4O2/c1-15(24)22-16-11-18(2,3)13-19(4,12-16)14-21-17(25)20-7-10-23-8-5-6-9-23/h16H,5-14H2,1-4H3,(H,22,24)(H2,20,21,25). The molecule has 1 aliphatic carbocycles. The fourth-order valence-corrected chi connectivity index (χ4v) is 4.85. The number of carbonyl (C=O) groups is 2. The van der Waals surface area contributed by atoms with Crippen LogP contribution in [-0.2, 0) is 4.79 Å². The smallest absolute Gasteiger partial charge is 0.314 e. The van der Waals surface area contributed by atoms with E-state index >= 15 is 0 Å². The third-order valence-electron chi connectivity index (χ3n) is 5.44. The van der Waals surface area contributed by atoms with Crippen LogP contribution in [0.5, 0.6) is 0 Å². The van der Waals surface area contributed by atoms with Gasteiger partial charge in [-0.1, -0.05) is 20.8 Å². The highest BCUT2D eigenvalue weighted by atomic mass is 16.2. The Morgan fingerprint density at radius 2 is 1.76 bits per heavy atom. The van der Waals surface area contributed by atoms with E-state index in [1.807, 2.05) is 0 Å². The first-order valence-corrected chi connectivity index (χ1v) is 9.69. The van der Waals surface area contributed by atoms with Crippen molar-refractivity contribution in [1.82, 2.24) is 20.9 Å². The van der Waals surface area contributed by atoms with Gasteiger partial charge in [0.2, 0.25) is 5.91 Å². The molecule has 3 amide bonds. The summed E-state index contributed by atoms with van der Waals surface area (Å²) in [5.41, 5.74) is 0.162. The molecule has 1 saturated carbocycles. The lowest BCUT2D eigenvalue weighted by atomic mass is 9.62. The molecule has 25 heavy (non-hydrogen) atoms. The summed E-state index contributed by atoms with van der Waals surface area (Å²) in [7, 11) is 0. The Kier molecular flexibility index (Phi) is 6.72. The number of rotatable bonds is 6. The summed E-state index contributed by atoms with van der Waals surface area (Å²) in [6.45, 7) is 12.9. The van der Waals surface area contributed by atoms with Crippen molar-refractivity contribution in [3.63, 3.8) is 0 Å². The molecule has 0 aromatic rings. The summed E-state index contributed by atoms with van der Waals surface area (Å²) in [6, 6.07) is 0.103. The van der Waals surface area contributed by atoms with Crippen LogP contribution in [0.25, 0.3) is 0 Å². The molecule has 2 fully saturated rings. The fraction of sp³-hybridized carbons (Fsp3) is 0.895. The summed E-state index contributed by atoms with van der Waals surface area (Å²) in [5.74, 6) is 0.0256. The quantitative estimate of drug-likeness (QED) is 0.685. The SMILES string of the molecule is CC(=O)NC1CC(C)(C)CC(C)(CNC(=O)NCCN2CCCC2)C1. The van der Waals surface area contributed by atoms with Gasteiger partial charge >= 0.3 is 6.03 Å². The van der Waals surface area contributed by atoms with Crippen LogP contribution in [0.15, 0.2) is 0 Å². The van der Waals surface area contributed by atoms with E-state index in [0.29, 0.717) is 13.1 Å². The van der Waals surface area contributed by atoms with Gasteiger partial charge in [0.25, 0.3) is 0 Å². The van der Waals surface area contributed by atoms with Crippen molar-refractivity contribution in [3.8, 4) is 0 Å². The Bertz CT molecular complexity index is 474. The zero-order valence-electron chi connectivity index (χ0n) is 16.4. The van der Waals surface area contributed by atoms with Crippen molar-refractivity contribution in [1.29, 1.82) is 0 Å². The third-order valence-corrected chi connectivity index (χ3v) is 5.44. The molecule has 3 N–H and O–H groups in total. The van der Waals surface area contributed by atoms with E-state index in [4.69, 9.17) is 0 Å². The molecule has 0 bridgehead atoms. The van der Waals surface area contributed by atoms with Crippen LogP contribution in [0.1, 0.15) is 59.8 Å². The van der Waals surface area contributed by atoms with Crippen molar-refractivity contribution in [3.05, 3.63) is 0 Å². The number of nitrogens with zero attached hydrogens (tertiary/aromatic N) is 1. The van der Waals surface area contributed by atoms with Crippen molar-refractivity contribution in [2.45, 2.75) is 65.8 Å². The van der Waals surface area contributed by atoms with Crippen molar-refractivity contribution in [2.75, 3.05) is 32.7 Å². The predicted octanol–water partition coefficient (Wildman–Crippen LogP) is 2.10. The molecule has 6 heteroatoms. The highest BCUT2D eigenvalue weighted by Crippen LogP contribution is 2.45. The van der Waals surface area contributed by atoms with Gasteiger partial charge in [0.05, 0.1) is 0 Å². The van der Waals surface area contributed by atoms with Crippen LogP contribution >= 0.6 is 0 Å². The van der Waals surface area contributed by atoms with Gasteiger partial charge in [0, 0.05) is 32.6 Å². The highest BCUT2D eigenvalue weighted by Gasteiger charge is 2.41. The molecule has 2 rings (SSSR count). The van der Waals surface area contributed by atoms with E-state index in [0.717, 1.165) is 38.9 Å². The van der Waals surface area contributed by atoms with E-state index < -0.39 is 0 Å². The molecular weight excluding hydrogens is 316 g/mol. The largest absolute Gasteiger partial charge is 0.354 e. The Morgan fingerprint density at radius 3 is 2.40 bits per heavy atom. The maximum Gasteiger partial charge on any atom is 0.314 e. The summed E-state index contributed by atoms with van der Waals surface area (Å²) in [4.78, 5) is 25.9. The molecule has 1 saturated heterocycles. The molecular formula is C19H36N4O2. The first-order valence-electron chi connectivity index (χ1n) is 9.69. The molecule has 2 atom stereocenters. The monoisotopic (exact) mass is 352 g/mol. The molecule has 2 unspecified atom stereocenters. The van der Waals surface area contributed by atoms with Crippen LogP contribution in [0.3, 0.4) is 0 Å². The highest BCUT2D eigenvalue weighted by molar-refractivity contribution is 5.74. The first kappa shape index (κ1) is 20.0. The van der Waals surface area contributed by atoms with Gasteiger partial charge in [-0.25, -0.2) is 4.79 Å². The first-order chi connectivity index (χ1) is 11.7. The van der Waals surface area contributed by atoms with Gasteiger partial charge in [-0.2, -0.15) is 0 Å². The molecule has 0 aromatic carbocycles. The van der Waals surface area contributed by atoms with E-state index in [2.05, 4.69) is 41.6 Å². The van der Waals surface area contributed by atoms with Crippen LogP contribution in [0.4, 0.5) is 4.79 Å². The Balaban J connectivity index is 1.76. The number of amides is 3. The third kappa shape index (κ3) is 6.84. The minimum absolute atomic E-state index is 0.00115. The number of likely N-dealkylation sites (tertiary alicyclic amines) is 1. The van der Waals surface area contributed by atoms with Gasteiger partial charge in [-0.05, 0) is 56.0 Å².